The summed E-state index contributed by atoms with van der Waals surface area (Å²) in [5.41, 5.74) is 1.28. The fraction of sp³-hybridized carbons (Fsp3) is 0.407. The van der Waals surface area contributed by atoms with Gasteiger partial charge in [-0.05, 0) is 56.1 Å². The highest BCUT2D eigenvalue weighted by atomic mass is 16.5. The van der Waals surface area contributed by atoms with Crippen LogP contribution in [0.5, 0.6) is 11.5 Å². The van der Waals surface area contributed by atoms with Gasteiger partial charge in [0.25, 0.3) is 0 Å². The minimum atomic E-state index is -1.42. The van der Waals surface area contributed by atoms with E-state index in [9.17, 15) is 10.1 Å². The number of benzene rings is 2. The topological polar surface area (TPSA) is 81.0 Å². The van der Waals surface area contributed by atoms with E-state index in [4.69, 9.17) is 18.9 Å². The van der Waals surface area contributed by atoms with Crippen molar-refractivity contribution < 1.29 is 23.7 Å². The standard InChI is InChI=1S/C27H34N2O5/c1-20(31-3)22-10-8-21(9-11-22)14-17-29(2)16-7-15-27(19-28,26(30)34-6)23-12-13-24(32-4)25(18-23)33-5/h8-13,18H,1,7,14-17H2,2-6H3. The van der Waals surface area contributed by atoms with Gasteiger partial charge >= 0.3 is 5.97 Å². The fourth-order valence-corrected chi connectivity index (χ4v) is 3.83. The zero-order valence-electron chi connectivity index (χ0n) is 20.7. The zero-order valence-corrected chi connectivity index (χ0v) is 20.7. The summed E-state index contributed by atoms with van der Waals surface area (Å²) in [6, 6.07) is 15.4. The Labute approximate surface area is 202 Å². The van der Waals surface area contributed by atoms with Gasteiger partial charge in [0.1, 0.15) is 5.76 Å². The average Bonchev–Trinajstić information content (AvgIpc) is 2.89. The number of nitrogens with zero attached hydrogens (tertiary/aromatic N) is 2. The van der Waals surface area contributed by atoms with Gasteiger partial charge in [-0.15, -0.1) is 0 Å². The van der Waals surface area contributed by atoms with Crippen LogP contribution in [0.3, 0.4) is 0 Å². The monoisotopic (exact) mass is 466 g/mol. The molecule has 0 radical (unpaired) electrons. The van der Waals surface area contributed by atoms with E-state index in [-0.39, 0.29) is 0 Å². The van der Waals surface area contributed by atoms with Crippen LogP contribution >= 0.6 is 0 Å². The van der Waals surface area contributed by atoms with Crippen LogP contribution in [0.25, 0.3) is 5.76 Å². The summed E-state index contributed by atoms with van der Waals surface area (Å²) >= 11 is 0. The molecule has 0 fully saturated rings. The van der Waals surface area contributed by atoms with Crippen LogP contribution in [0.15, 0.2) is 49.0 Å². The van der Waals surface area contributed by atoms with Crippen LogP contribution in [0, 0.1) is 11.3 Å². The van der Waals surface area contributed by atoms with Gasteiger partial charge in [-0.25, -0.2) is 4.79 Å². The van der Waals surface area contributed by atoms with E-state index < -0.39 is 11.4 Å². The Balaban J connectivity index is 2.04. The quantitative estimate of drug-likeness (QED) is 0.323. The van der Waals surface area contributed by atoms with Gasteiger partial charge in [0.05, 0.1) is 34.5 Å². The van der Waals surface area contributed by atoms with E-state index in [1.807, 2.05) is 19.2 Å². The molecule has 7 nitrogen and oxygen atoms in total. The predicted molar refractivity (Wildman–Crippen MR) is 132 cm³/mol. The molecule has 0 N–H and O–H groups in total. The fourth-order valence-electron chi connectivity index (χ4n) is 3.83. The Kier molecular flexibility index (Phi) is 9.96. The van der Waals surface area contributed by atoms with E-state index in [1.54, 1.807) is 25.3 Å². The molecule has 1 atom stereocenters. The van der Waals surface area contributed by atoms with E-state index in [0.717, 1.165) is 25.1 Å². The molecule has 0 saturated heterocycles. The van der Waals surface area contributed by atoms with Crippen LogP contribution in [-0.2, 0) is 26.1 Å². The summed E-state index contributed by atoms with van der Waals surface area (Å²) in [5.74, 6) is 1.05. The molecule has 0 aliphatic heterocycles. The number of nitriles is 1. The number of carbonyl (C=O) groups excluding carboxylic acids is 1. The largest absolute Gasteiger partial charge is 0.497 e. The number of rotatable bonds is 13. The van der Waals surface area contributed by atoms with Crippen molar-refractivity contribution in [3.63, 3.8) is 0 Å². The minimum Gasteiger partial charge on any atom is -0.497 e. The minimum absolute atomic E-state index is 0.323. The van der Waals surface area contributed by atoms with Gasteiger partial charge in [-0.2, -0.15) is 5.26 Å². The maximum absolute atomic E-state index is 12.8. The number of hydrogen-bond acceptors (Lipinski definition) is 7. The van der Waals surface area contributed by atoms with Gasteiger partial charge in [0.2, 0.25) is 0 Å². The Bertz CT molecular complexity index is 1010. The summed E-state index contributed by atoms with van der Waals surface area (Å²) in [6.45, 7) is 5.44. The highest BCUT2D eigenvalue weighted by Gasteiger charge is 2.42. The summed E-state index contributed by atoms with van der Waals surface area (Å²) in [5, 5.41) is 10.1. The van der Waals surface area contributed by atoms with Crippen LogP contribution in [-0.4, -0.2) is 59.4 Å². The first-order valence-electron chi connectivity index (χ1n) is 11.1. The lowest BCUT2D eigenvalue weighted by atomic mass is 9.77. The molecule has 0 aromatic heterocycles. The first-order valence-corrected chi connectivity index (χ1v) is 11.1. The maximum atomic E-state index is 12.8. The lowest BCUT2D eigenvalue weighted by Gasteiger charge is -2.26. The molecule has 0 spiro atoms. The number of likely N-dealkylation sites (N-methyl/N-ethyl adjacent to an activating group) is 1. The van der Waals surface area contributed by atoms with Gasteiger partial charge < -0.3 is 23.8 Å². The van der Waals surface area contributed by atoms with Crippen LogP contribution in [0.1, 0.15) is 29.5 Å². The molecule has 182 valence electrons. The van der Waals surface area contributed by atoms with Gasteiger partial charge in [0, 0.05) is 12.1 Å². The Morgan fingerprint density at radius 3 is 2.24 bits per heavy atom. The van der Waals surface area contributed by atoms with Crippen molar-refractivity contribution in [2.45, 2.75) is 24.7 Å². The van der Waals surface area contributed by atoms with E-state index in [0.29, 0.717) is 35.7 Å². The SMILES string of the molecule is C=C(OC)c1ccc(CCN(C)CCCC(C#N)(C(=O)OC)c2ccc(OC)c(OC)c2)cc1. The van der Waals surface area contributed by atoms with E-state index in [1.165, 1.54) is 26.9 Å². The summed E-state index contributed by atoms with van der Waals surface area (Å²) in [4.78, 5) is 14.9. The summed E-state index contributed by atoms with van der Waals surface area (Å²) in [6.07, 6.45) is 1.84. The molecular formula is C27H34N2O5. The summed E-state index contributed by atoms with van der Waals surface area (Å²) in [7, 11) is 8.00. The van der Waals surface area contributed by atoms with Gasteiger partial charge in [0.15, 0.2) is 16.9 Å². The highest BCUT2D eigenvalue weighted by molar-refractivity contribution is 5.87. The molecule has 1 unspecified atom stereocenters. The number of carbonyl (C=O) groups is 1. The van der Waals surface area contributed by atoms with Gasteiger partial charge in [-0.3, -0.25) is 0 Å². The molecule has 2 rings (SSSR count). The molecular weight excluding hydrogens is 432 g/mol. The number of methoxy groups -OCH3 is 4. The third-order valence-corrected chi connectivity index (χ3v) is 6.00. The van der Waals surface area contributed by atoms with Crippen molar-refractivity contribution in [1.29, 1.82) is 5.26 Å². The van der Waals surface area contributed by atoms with Crippen molar-refractivity contribution in [3.05, 3.63) is 65.7 Å². The normalized spacial score (nSPS) is 12.4. The first kappa shape index (κ1) is 26.7. The lowest BCUT2D eigenvalue weighted by Crippen LogP contribution is -2.36. The average molecular weight is 467 g/mol. The molecule has 0 aliphatic rings. The van der Waals surface area contributed by atoms with Crippen molar-refractivity contribution in [1.82, 2.24) is 4.90 Å². The maximum Gasteiger partial charge on any atom is 0.330 e. The molecule has 0 amide bonds. The third-order valence-electron chi connectivity index (χ3n) is 6.00. The molecule has 0 saturated carbocycles. The van der Waals surface area contributed by atoms with Gasteiger partial charge in [-0.1, -0.05) is 36.9 Å². The first-order chi connectivity index (χ1) is 16.3. The second kappa shape index (κ2) is 12.7. The van der Waals surface area contributed by atoms with Crippen molar-refractivity contribution in [3.8, 4) is 17.6 Å². The predicted octanol–water partition coefficient (Wildman–Crippen LogP) is 4.21. The molecule has 0 heterocycles. The molecule has 7 heteroatoms. The number of hydrogen-bond donors (Lipinski definition) is 0. The molecule has 2 aromatic rings. The second-order valence-electron chi connectivity index (χ2n) is 8.06. The number of esters is 1. The van der Waals surface area contributed by atoms with Crippen molar-refractivity contribution in [2.75, 3.05) is 48.6 Å². The lowest BCUT2D eigenvalue weighted by molar-refractivity contribution is -0.145. The third kappa shape index (κ3) is 6.30. The Hall–Kier alpha value is -3.50. The number of ether oxygens (including phenoxy) is 4. The summed E-state index contributed by atoms with van der Waals surface area (Å²) < 4.78 is 20.8. The molecule has 34 heavy (non-hydrogen) atoms. The van der Waals surface area contributed by atoms with Crippen LogP contribution in [0.4, 0.5) is 0 Å². The Morgan fingerprint density at radius 1 is 1.00 bits per heavy atom. The van der Waals surface area contributed by atoms with Crippen molar-refractivity contribution >= 4 is 11.7 Å². The smallest absolute Gasteiger partial charge is 0.330 e. The molecule has 0 bridgehead atoms. The van der Waals surface area contributed by atoms with E-state index in [2.05, 4.69) is 29.7 Å². The molecule has 2 aromatic carbocycles. The van der Waals surface area contributed by atoms with Crippen LogP contribution < -0.4 is 9.47 Å². The second-order valence-corrected chi connectivity index (χ2v) is 8.06. The van der Waals surface area contributed by atoms with Crippen LogP contribution in [0.2, 0.25) is 0 Å². The molecule has 0 aliphatic carbocycles. The van der Waals surface area contributed by atoms with Crippen molar-refractivity contribution in [2.24, 2.45) is 0 Å². The Morgan fingerprint density at radius 2 is 1.68 bits per heavy atom. The highest BCUT2D eigenvalue weighted by Crippen LogP contribution is 2.36. The zero-order chi connectivity index (χ0) is 25.1. The van der Waals surface area contributed by atoms with E-state index >= 15 is 0 Å².